The van der Waals surface area contributed by atoms with Crippen LogP contribution in [0.2, 0.25) is 5.02 Å². The van der Waals surface area contributed by atoms with Crippen LogP contribution in [0, 0.1) is 0 Å². The first kappa shape index (κ1) is 19.5. The number of hydrazone groups is 1. The monoisotopic (exact) mass is 427 g/mol. The molecule has 3 aromatic rings. The Morgan fingerprint density at radius 1 is 1.28 bits per heavy atom. The van der Waals surface area contributed by atoms with Crippen LogP contribution in [0.3, 0.4) is 0 Å². The molecule has 1 amide bonds. The van der Waals surface area contributed by atoms with Crippen LogP contribution in [-0.4, -0.2) is 51.2 Å². The molecule has 148 valence electrons. The number of nitrogens with one attached hydrogen (secondary N) is 1. The van der Waals surface area contributed by atoms with Gasteiger partial charge in [0.1, 0.15) is 5.75 Å². The third-order valence-electron chi connectivity index (χ3n) is 4.40. The van der Waals surface area contributed by atoms with Crippen LogP contribution < -0.4 is 4.74 Å². The second-order valence-electron chi connectivity index (χ2n) is 6.28. The predicted molar refractivity (Wildman–Crippen MR) is 113 cm³/mol. The normalized spacial score (nSPS) is 13.4. The minimum atomic E-state index is -0.0763. The van der Waals surface area contributed by atoms with Crippen molar-refractivity contribution in [3.05, 3.63) is 59.1 Å². The SMILES string of the molecule is COc1ccc(Cl)cc1-c1nc(SCC(=O)N2CCC(c3ccccc3)=N2)n[nH]1. The van der Waals surface area contributed by atoms with Gasteiger partial charge < -0.3 is 4.74 Å². The lowest BCUT2D eigenvalue weighted by Crippen LogP contribution is -2.25. The fourth-order valence-electron chi connectivity index (χ4n) is 2.97. The first-order valence-electron chi connectivity index (χ1n) is 8.96. The van der Waals surface area contributed by atoms with Crippen molar-refractivity contribution < 1.29 is 9.53 Å². The fourth-order valence-corrected chi connectivity index (χ4v) is 3.81. The lowest BCUT2D eigenvalue weighted by Gasteiger charge is -2.09. The molecule has 0 bridgehead atoms. The van der Waals surface area contributed by atoms with Crippen molar-refractivity contribution in [2.75, 3.05) is 19.4 Å². The number of hydrogen-bond donors (Lipinski definition) is 1. The molecule has 0 atom stereocenters. The maximum absolute atomic E-state index is 12.5. The van der Waals surface area contributed by atoms with E-state index in [2.05, 4.69) is 20.3 Å². The van der Waals surface area contributed by atoms with Gasteiger partial charge in [-0.1, -0.05) is 53.7 Å². The summed E-state index contributed by atoms with van der Waals surface area (Å²) in [5, 5.41) is 14.1. The molecule has 4 rings (SSSR count). The Hall–Kier alpha value is -2.84. The van der Waals surface area contributed by atoms with E-state index in [4.69, 9.17) is 16.3 Å². The van der Waals surface area contributed by atoms with Crippen molar-refractivity contribution in [1.82, 2.24) is 20.2 Å². The highest BCUT2D eigenvalue weighted by Crippen LogP contribution is 2.31. The van der Waals surface area contributed by atoms with Gasteiger partial charge in [-0.3, -0.25) is 9.89 Å². The molecule has 1 aliphatic heterocycles. The highest BCUT2D eigenvalue weighted by atomic mass is 35.5. The van der Waals surface area contributed by atoms with E-state index >= 15 is 0 Å². The molecule has 2 heterocycles. The number of thioether (sulfide) groups is 1. The third-order valence-corrected chi connectivity index (χ3v) is 5.47. The molecule has 1 aliphatic rings. The first-order chi connectivity index (χ1) is 14.1. The summed E-state index contributed by atoms with van der Waals surface area (Å²) in [5.41, 5.74) is 2.68. The van der Waals surface area contributed by atoms with E-state index in [9.17, 15) is 4.79 Å². The zero-order valence-corrected chi connectivity index (χ0v) is 17.2. The number of aromatic amines is 1. The summed E-state index contributed by atoms with van der Waals surface area (Å²) < 4.78 is 5.35. The van der Waals surface area contributed by atoms with Crippen molar-refractivity contribution in [2.45, 2.75) is 11.6 Å². The number of ether oxygens (including phenoxy) is 1. The molecular formula is C20H18ClN5O2S. The van der Waals surface area contributed by atoms with Crippen molar-refractivity contribution in [3.63, 3.8) is 0 Å². The molecule has 1 N–H and O–H groups in total. The Morgan fingerprint density at radius 2 is 2.10 bits per heavy atom. The number of halogens is 1. The molecule has 0 fully saturated rings. The van der Waals surface area contributed by atoms with Crippen molar-refractivity contribution >= 4 is 35.0 Å². The molecular weight excluding hydrogens is 410 g/mol. The topological polar surface area (TPSA) is 83.5 Å². The molecule has 7 nitrogen and oxygen atoms in total. The van der Waals surface area contributed by atoms with E-state index in [0.29, 0.717) is 33.9 Å². The van der Waals surface area contributed by atoms with Crippen LogP contribution in [-0.2, 0) is 4.79 Å². The van der Waals surface area contributed by atoms with Crippen LogP contribution in [0.25, 0.3) is 11.4 Å². The van der Waals surface area contributed by atoms with E-state index in [1.54, 1.807) is 25.3 Å². The van der Waals surface area contributed by atoms with E-state index in [-0.39, 0.29) is 11.7 Å². The Balaban J connectivity index is 1.40. The molecule has 0 spiro atoms. The van der Waals surface area contributed by atoms with E-state index in [1.165, 1.54) is 16.8 Å². The molecule has 0 unspecified atom stereocenters. The first-order valence-corrected chi connectivity index (χ1v) is 10.3. The maximum Gasteiger partial charge on any atom is 0.253 e. The Kier molecular flexibility index (Phi) is 5.82. The number of nitrogens with zero attached hydrogens (tertiary/aromatic N) is 4. The van der Waals surface area contributed by atoms with Crippen molar-refractivity contribution in [3.8, 4) is 17.1 Å². The number of methoxy groups -OCH3 is 1. The second-order valence-corrected chi connectivity index (χ2v) is 7.66. The van der Waals surface area contributed by atoms with Gasteiger partial charge in [-0.15, -0.1) is 5.10 Å². The summed E-state index contributed by atoms with van der Waals surface area (Å²) in [6.45, 7) is 0.586. The predicted octanol–water partition coefficient (Wildman–Crippen LogP) is 3.86. The van der Waals surface area contributed by atoms with E-state index in [1.807, 2.05) is 30.3 Å². The molecule has 0 radical (unpaired) electrons. The molecule has 29 heavy (non-hydrogen) atoms. The van der Waals surface area contributed by atoms with Gasteiger partial charge in [-0.05, 0) is 23.8 Å². The van der Waals surface area contributed by atoms with Gasteiger partial charge in [-0.25, -0.2) is 9.99 Å². The minimum Gasteiger partial charge on any atom is -0.496 e. The van der Waals surface area contributed by atoms with Crippen LogP contribution in [0.1, 0.15) is 12.0 Å². The smallest absolute Gasteiger partial charge is 0.253 e. The summed E-state index contributed by atoms with van der Waals surface area (Å²) in [7, 11) is 1.58. The van der Waals surface area contributed by atoms with Crippen molar-refractivity contribution in [1.29, 1.82) is 0 Å². The lowest BCUT2D eigenvalue weighted by atomic mass is 10.1. The second kappa shape index (κ2) is 8.67. The van der Waals surface area contributed by atoms with Gasteiger partial charge >= 0.3 is 0 Å². The third kappa shape index (κ3) is 4.44. The molecule has 0 aliphatic carbocycles. The van der Waals surface area contributed by atoms with Gasteiger partial charge in [0, 0.05) is 11.4 Å². The van der Waals surface area contributed by atoms with Crippen LogP contribution >= 0.6 is 23.4 Å². The zero-order valence-electron chi connectivity index (χ0n) is 15.6. The highest BCUT2D eigenvalue weighted by molar-refractivity contribution is 7.99. The Morgan fingerprint density at radius 3 is 2.90 bits per heavy atom. The number of carbonyl (C=O) groups is 1. The van der Waals surface area contributed by atoms with E-state index < -0.39 is 0 Å². The summed E-state index contributed by atoms with van der Waals surface area (Å²) >= 11 is 7.33. The number of carbonyl (C=O) groups excluding carboxylic acids is 1. The molecule has 1 aromatic heterocycles. The number of aromatic nitrogens is 3. The average molecular weight is 428 g/mol. The molecule has 9 heteroatoms. The Bertz CT molecular complexity index is 1050. The summed E-state index contributed by atoms with van der Waals surface area (Å²) in [6.07, 6.45) is 0.750. The van der Waals surface area contributed by atoms with Crippen LogP contribution in [0.4, 0.5) is 0 Å². The van der Waals surface area contributed by atoms with Crippen LogP contribution in [0.5, 0.6) is 5.75 Å². The quantitative estimate of drug-likeness (QED) is 0.604. The van der Waals surface area contributed by atoms with Gasteiger partial charge in [-0.2, -0.15) is 5.10 Å². The molecule has 0 saturated carbocycles. The average Bonchev–Trinajstić information content (AvgIpc) is 3.43. The largest absolute Gasteiger partial charge is 0.496 e. The van der Waals surface area contributed by atoms with Crippen molar-refractivity contribution in [2.24, 2.45) is 5.10 Å². The maximum atomic E-state index is 12.5. The zero-order chi connectivity index (χ0) is 20.2. The number of H-pyrrole nitrogens is 1. The summed E-state index contributed by atoms with van der Waals surface area (Å²) in [6, 6.07) is 15.2. The number of benzene rings is 2. The van der Waals surface area contributed by atoms with Gasteiger partial charge in [0.15, 0.2) is 5.82 Å². The molecule has 0 saturated heterocycles. The minimum absolute atomic E-state index is 0.0763. The Labute approximate surface area is 177 Å². The summed E-state index contributed by atoms with van der Waals surface area (Å²) in [5.74, 6) is 1.30. The van der Waals surface area contributed by atoms with Gasteiger partial charge in [0.25, 0.3) is 5.91 Å². The van der Waals surface area contributed by atoms with Gasteiger partial charge in [0.2, 0.25) is 5.16 Å². The van der Waals surface area contributed by atoms with Gasteiger partial charge in [0.05, 0.1) is 30.7 Å². The number of hydrogen-bond acceptors (Lipinski definition) is 6. The standard InChI is InChI=1S/C20H18ClN5O2S/c1-28-17-8-7-14(21)11-15(17)19-22-20(24-23-19)29-12-18(27)26-10-9-16(25-26)13-5-3-2-4-6-13/h2-8,11H,9-10,12H2,1H3,(H,22,23,24). The summed E-state index contributed by atoms with van der Waals surface area (Å²) in [4.78, 5) is 17.0. The fraction of sp³-hybridized carbons (Fsp3) is 0.200. The number of amides is 1. The number of rotatable bonds is 6. The van der Waals surface area contributed by atoms with Crippen LogP contribution in [0.15, 0.2) is 58.8 Å². The highest BCUT2D eigenvalue weighted by Gasteiger charge is 2.22. The molecule has 2 aromatic carbocycles. The lowest BCUT2D eigenvalue weighted by molar-refractivity contribution is -0.127. The van der Waals surface area contributed by atoms with E-state index in [0.717, 1.165) is 17.7 Å².